The second kappa shape index (κ2) is 4.24. The van der Waals surface area contributed by atoms with Gasteiger partial charge in [-0.05, 0) is 37.0 Å². The van der Waals surface area contributed by atoms with E-state index in [2.05, 4.69) is 0 Å². The first-order valence-corrected chi connectivity index (χ1v) is 5.60. The highest BCUT2D eigenvalue weighted by Crippen LogP contribution is 2.41. The van der Waals surface area contributed by atoms with Gasteiger partial charge in [-0.2, -0.15) is 0 Å². The fourth-order valence-electron chi connectivity index (χ4n) is 2.56. The Morgan fingerprint density at radius 1 is 1.38 bits per heavy atom. The van der Waals surface area contributed by atoms with Crippen LogP contribution in [0.25, 0.3) is 0 Å². The molecule has 86 valence electrons. The van der Waals surface area contributed by atoms with Gasteiger partial charge in [0.2, 0.25) is 0 Å². The molecular formula is C13H15FO2. The summed E-state index contributed by atoms with van der Waals surface area (Å²) < 4.78 is 13.0. The highest BCUT2D eigenvalue weighted by molar-refractivity contribution is 5.75. The van der Waals surface area contributed by atoms with E-state index in [1.54, 1.807) is 12.1 Å². The predicted octanol–water partition coefficient (Wildman–Crippen LogP) is 3.01. The van der Waals surface area contributed by atoms with Gasteiger partial charge in [-0.25, -0.2) is 4.39 Å². The monoisotopic (exact) mass is 222 g/mol. The van der Waals surface area contributed by atoms with Crippen molar-refractivity contribution in [1.82, 2.24) is 0 Å². The molecule has 0 aromatic heterocycles. The quantitative estimate of drug-likeness (QED) is 0.853. The van der Waals surface area contributed by atoms with Crippen LogP contribution in [0.15, 0.2) is 24.3 Å². The van der Waals surface area contributed by atoms with E-state index in [1.165, 1.54) is 12.1 Å². The topological polar surface area (TPSA) is 37.3 Å². The molecule has 1 aromatic rings. The van der Waals surface area contributed by atoms with Crippen LogP contribution in [0.2, 0.25) is 0 Å². The summed E-state index contributed by atoms with van der Waals surface area (Å²) in [6, 6.07) is 6.25. The second-order valence-corrected chi connectivity index (χ2v) is 4.60. The maximum Gasteiger partial charge on any atom is 0.309 e. The van der Waals surface area contributed by atoms with Gasteiger partial charge in [0, 0.05) is 0 Å². The number of rotatable bonds is 3. The van der Waals surface area contributed by atoms with Crippen LogP contribution in [0.3, 0.4) is 0 Å². The van der Waals surface area contributed by atoms with Crippen molar-refractivity contribution in [2.24, 2.45) is 5.41 Å². The normalized spacial score (nSPS) is 18.6. The standard InChI is InChI=1S/C13H15FO2/c14-11-5-3-4-10(8-11)9-13(12(15)16)6-1-2-7-13/h3-5,8H,1-2,6-7,9H2,(H,15,16). The molecular weight excluding hydrogens is 207 g/mol. The van der Waals surface area contributed by atoms with Gasteiger partial charge in [0.05, 0.1) is 5.41 Å². The van der Waals surface area contributed by atoms with Crippen molar-refractivity contribution in [3.8, 4) is 0 Å². The fourth-order valence-corrected chi connectivity index (χ4v) is 2.56. The van der Waals surface area contributed by atoms with Gasteiger partial charge in [0.1, 0.15) is 5.82 Å². The second-order valence-electron chi connectivity index (χ2n) is 4.60. The summed E-state index contributed by atoms with van der Waals surface area (Å²) in [4.78, 5) is 11.3. The van der Waals surface area contributed by atoms with Crippen molar-refractivity contribution in [3.63, 3.8) is 0 Å². The lowest BCUT2D eigenvalue weighted by Crippen LogP contribution is -2.30. The Morgan fingerprint density at radius 2 is 2.06 bits per heavy atom. The molecule has 0 heterocycles. The molecule has 3 heteroatoms. The minimum Gasteiger partial charge on any atom is -0.481 e. The highest BCUT2D eigenvalue weighted by atomic mass is 19.1. The molecule has 1 fully saturated rings. The summed E-state index contributed by atoms with van der Waals surface area (Å²) >= 11 is 0. The van der Waals surface area contributed by atoms with Crippen LogP contribution in [-0.4, -0.2) is 11.1 Å². The van der Waals surface area contributed by atoms with Gasteiger partial charge in [-0.3, -0.25) is 4.79 Å². The van der Waals surface area contributed by atoms with Crippen LogP contribution < -0.4 is 0 Å². The maximum absolute atomic E-state index is 13.0. The lowest BCUT2D eigenvalue weighted by molar-refractivity contribution is -0.148. The van der Waals surface area contributed by atoms with E-state index in [-0.39, 0.29) is 5.82 Å². The van der Waals surface area contributed by atoms with E-state index in [4.69, 9.17) is 0 Å². The molecule has 0 atom stereocenters. The summed E-state index contributed by atoms with van der Waals surface area (Å²) in [5.74, 6) is -1.04. The third kappa shape index (κ3) is 2.08. The molecule has 16 heavy (non-hydrogen) atoms. The van der Waals surface area contributed by atoms with E-state index in [0.29, 0.717) is 19.3 Å². The molecule has 0 unspecified atom stereocenters. The van der Waals surface area contributed by atoms with Crippen molar-refractivity contribution in [1.29, 1.82) is 0 Å². The van der Waals surface area contributed by atoms with Gasteiger partial charge in [0.25, 0.3) is 0 Å². The Hall–Kier alpha value is -1.38. The minimum absolute atomic E-state index is 0.295. The van der Waals surface area contributed by atoms with Crippen LogP contribution in [-0.2, 0) is 11.2 Å². The predicted molar refractivity (Wildman–Crippen MR) is 58.6 cm³/mol. The zero-order chi connectivity index (χ0) is 11.6. The summed E-state index contributed by atoms with van der Waals surface area (Å²) in [6.07, 6.45) is 3.78. The lowest BCUT2D eigenvalue weighted by Gasteiger charge is -2.23. The molecule has 2 nitrogen and oxygen atoms in total. The highest BCUT2D eigenvalue weighted by Gasteiger charge is 2.41. The van der Waals surface area contributed by atoms with Gasteiger partial charge < -0.3 is 5.11 Å². The van der Waals surface area contributed by atoms with Crippen LogP contribution in [0.4, 0.5) is 4.39 Å². The molecule has 1 aliphatic rings. The average molecular weight is 222 g/mol. The first kappa shape index (κ1) is 11.1. The van der Waals surface area contributed by atoms with Gasteiger partial charge in [-0.1, -0.05) is 25.0 Å². The molecule has 0 aliphatic heterocycles. The van der Waals surface area contributed by atoms with Crippen molar-refractivity contribution in [2.45, 2.75) is 32.1 Å². The molecule has 1 aliphatic carbocycles. The van der Waals surface area contributed by atoms with Crippen LogP contribution >= 0.6 is 0 Å². The number of carboxylic acid groups (broad SMARTS) is 1. The Bertz CT molecular complexity index is 395. The van der Waals surface area contributed by atoms with Crippen LogP contribution in [0.5, 0.6) is 0 Å². The van der Waals surface area contributed by atoms with E-state index >= 15 is 0 Å². The number of carboxylic acids is 1. The largest absolute Gasteiger partial charge is 0.481 e. The van der Waals surface area contributed by atoms with Crippen LogP contribution in [0.1, 0.15) is 31.2 Å². The molecule has 1 aromatic carbocycles. The Labute approximate surface area is 94.1 Å². The van der Waals surface area contributed by atoms with Gasteiger partial charge >= 0.3 is 5.97 Å². The fraction of sp³-hybridized carbons (Fsp3) is 0.462. The molecule has 0 radical (unpaired) electrons. The van der Waals surface area contributed by atoms with Crippen molar-refractivity contribution < 1.29 is 14.3 Å². The van der Waals surface area contributed by atoms with E-state index in [1.807, 2.05) is 0 Å². The average Bonchev–Trinajstić information content (AvgIpc) is 2.67. The molecule has 0 saturated heterocycles. The zero-order valence-corrected chi connectivity index (χ0v) is 9.08. The molecule has 1 N–H and O–H groups in total. The van der Waals surface area contributed by atoms with Crippen molar-refractivity contribution in [3.05, 3.63) is 35.6 Å². The van der Waals surface area contributed by atoms with E-state index < -0.39 is 11.4 Å². The van der Waals surface area contributed by atoms with Crippen LogP contribution in [0, 0.1) is 11.2 Å². The van der Waals surface area contributed by atoms with E-state index in [0.717, 1.165) is 18.4 Å². The minimum atomic E-state index is -0.741. The molecule has 0 spiro atoms. The molecule has 2 rings (SSSR count). The van der Waals surface area contributed by atoms with Gasteiger partial charge in [0.15, 0.2) is 0 Å². The third-order valence-electron chi connectivity index (χ3n) is 3.45. The summed E-state index contributed by atoms with van der Waals surface area (Å²) in [5, 5.41) is 9.30. The summed E-state index contributed by atoms with van der Waals surface area (Å²) in [7, 11) is 0. The molecule has 0 bridgehead atoms. The number of aliphatic carboxylic acids is 1. The first-order valence-electron chi connectivity index (χ1n) is 5.60. The SMILES string of the molecule is O=C(O)C1(Cc2cccc(F)c2)CCCC1. The Kier molecular flexibility index (Phi) is 2.95. The molecule has 0 amide bonds. The van der Waals surface area contributed by atoms with E-state index in [9.17, 15) is 14.3 Å². The number of benzene rings is 1. The lowest BCUT2D eigenvalue weighted by atomic mass is 9.80. The Balaban J connectivity index is 2.21. The van der Waals surface area contributed by atoms with Crippen molar-refractivity contribution in [2.75, 3.05) is 0 Å². The summed E-state index contributed by atoms with van der Waals surface area (Å²) in [6.45, 7) is 0. The number of halogens is 1. The van der Waals surface area contributed by atoms with Crippen molar-refractivity contribution >= 4 is 5.97 Å². The molecule has 1 saturated carbocycles. The van der Waals surface area contributed by atoms with Gasteiger partial charge in [-0.15, -0.1) is 0 Å². The first-order chi connectivity index (χ1) is 7.62. The Morgan fingerprint density at radius 3 is 2.62 bits per heavy atom. The summed E-state index contributed by atoms with van der Waals surface area (Å²) in [5.41, 5.74) is 0.123. The zero-order valence-electron chi connectivity index (χ0n) is 9.08. The number of hydrogen-bond donors (Lipinski definition) is 1. The third-order valence-corrected chi connectivity index (χ3v) is 3.45. The number of carbonyl (C=O) groups is 1. The maximum atomic E-state index is 13.0. The number of hydrogen-bond acceptors (Lipinski definition) is 1. The smallest absolute Gasteiger partial charge is 0.309 e.